The summed E-state index contributed by atoms with van der Waals surface area (Å²) < 4.78 is 0. The second kappa shape index (κ2) is 10.2. The number of para-hydroxylation sites is 1. The van der Waals surface area contributed by atoms with E-state index in [-0.39, 0.29) is 5.56 Å². The van der Waals surface area contributed by atoms with Crippen LogP contribution in [0.3, 0.4) is 0 Å². The van der Waals surface area contributed by atoms with Crippen LogP contribution in [0, 0.1) is 5.92 Å². The number of rotatable bonds is 8. The van der Waals surface area contributed by atoms with Gasteiger partial charge >= 0.3 is 0 Å². The highest BCUT2D eigenvalue weighted by Gasteiger charge is 2.22. The van der Waals surface area contributed by atoms with Crippen LogP contribution in [-0.2, 0) is 6.54 Å². The summed E-state index contributed by atoms with van der Waals surface area (Å²) in [5.41, 5.74) is 4.30. The molecule has 1 aromatic heterocycles. The highest BCUT2D eigenvalue weighted by molar-refractivity contribution is 5.92. The van der Waals surface area contributed by atoms with Gasteiger partial charge in [-0.3, -0.25) is 10.0 Å². The van der Waals surface area contributed by atoms with Crippen LogP contribution in [0.4, 0.5) is 11.6 Å². The van der Waals surface area contributed by atoms with Crippen LogP contribution >= 0.6 is 0 Å². The fraction of sp³-hybridized carbons (Fsp3) is 0.409. The van der Waals surface area contributed by atoms with Crippen molar-refractivity contribution in [3.8, 4) is 0 Å². The van der Waals surface area contributed by atoms with E-state index in [9.17, 15) is 4.79 Å². The topological polar surface area (TPSA) is 84.8 Å². The van der Waals surface area contributed by atoms with E-state index in [2.05, 4.69) is 62.6 Å². The van der Waals surface area contributed by atoms with Crippen LogP contribution in [0.5, 0.6) is 0 Å². The van der Waals surface area contributed by atoms with Crippen LogP contribution in [0.25, 0.3) is 0 Å². The van der Waals surface area contributed by atoms with E-state index in [1.54, 1.807) is 5.48 Å². The largest absolute Gasteiger partial charge is 0.351 e. The minimum Gasteiger partial charge on any atom is -0.351 e. The molecule has 3 rings (SSSR count). The predicted octanol–water partition coefficient (Wildman–Crippen LogP) is 2.52. The summed E-state index contributed by atoms with van der Waals surface area (Å²) >= 11 is 0. The van der Waals surface area contributed by atoms with Crippen molar-refractivity contribution in [3.63, 3.8) is 0 Å². The highest BCUT2D eigenvalue weighted by atomic mass is 16.5. The van der Waals surface area contributed by atoms with E-state index in [4.69, 9.17) is 5.21 Å². The van der Waals surface area contributed by atoms with Crippen LogP contribution in [0.2, 0.25) is 0 Å². The number of carbonyl (C=O) groups excluding carboxylic acids is 1. The van der Waals surface area contributed by atoms with Gasteiger partial charge in [0.1, 0.15) is 0 Å². The van der Waals surface area contributed by atoms with E-state index in [0.717, 1.165) is 39.0 Å². The quantitative estimate of drug-likeness (QED) is 0.511. The molecule has 0 spiro atoms. The first-order valence-corrected chi connectivity index (χ1v) is 10.1. The number of benzene rings is 1. The SMILES string of the molecule is C=CN(C)c1ccccc1CN(C)CC1CCN(c2ncc(C(=O)NO)cn2)CC1. The van der Waals surface area contributed by atoms with E-state index in [1.807, 2.05) is 13.2 Å². The zero-order valence-electron chi connectivity index (χ0n) is 17.7. The van der Waals surface area contributed by atoms with Crippen molar-refractivity contribution < 1.29 is 10.0 Å². The maximum atomic E-state index is 11.4. The van der Waals surface area contributed by atoms with Gasteiger partial charge in [-0.05, 0) is 43.6 Å². The number of carbonyl (C=O) groups is 1. The first-order valence-electron chi connectivity index (χ1n) is 10.1. The van der Waals surface area contributed by atoms with E-state index < -0.39 is 5.91 Å². The minimum absolute atomic E-state index is 0.236. The summed E-state index contributed by atoms with van der Waals surface area (Å²) in [6.45, 7) is 7.58. The predicted molar refractivity (Wildman–Crippen MR) is 118 cm³/mol. The number of nitrogens with one attached hydrogen (secondary N) is 1. The molecule has 2 heterocycles. The van der Waals surface area contributed by atoms with Gasteiger partial charge in [0.05, 0.1) is 5.56 Å². The molecule has 0 radical (unpaired) electrons. The Bertz CT molecular complexity index is 849. The van der Waals surface area contributed by atoms with E-state index >= 15 is 0 Å². The van der Waals surface area contributed by atoms with Gasteiger partial charge in [-0.15, -0.1) is 0 Å². The number of nitrogens with zero attached hydrogens (tertiary/aromatic N) is 5. The molecule has 1 aliphatic heterocycles. The molecule has 0 bridgehead atoms. The summed E-state index contributed by atoms with van der Waals surface area (Å²) in [4.78, 5) is 26.5. The lowest BCUT2D eigenvalue weighted by Crippen LogP contribution is -2.38. The van der Waals surface area contributed by atoms with Gasteiger partial charge in [0.2, 0.25) is 5.95 Å². The van der Waals surface area contributed by atoms with Crippen LogP contribution in [0.15, 0.2) is 49.4 Å². The molecule has 1 fully saturated rings. The van der Waals surface area contributed by atoms with Gasteiger partial charge in [0.15, 0.2) is 0 Å². The van der Waals surface area contributed by atoms with Crippen LogP contribution < -0.4 is 15.3 Å². The summed E-state index contributed by atoms with van der Waals surface area (Å²) in [6, 6.07) is 8.43. The van der Waals surface area contributed by atoms with Crippen molar-refractivity contribution in [2.24, 2.45) is 5.92 Å². The van der Waals surface area contributed by atoms with Gasteiger partial charge in [0, 0.05) is 51.3 Å². The van der Waals surface area contributed by atoms with Gasteiger partial charge in [-0.2, -0.15) is 0 Å². The molecule has 8 nitrogen and oxygen atoms in total. The average molecular weight is 411 g/mol. The van der Waals surface area contributed by atoms with Crippen LogP contribution in [-0.4, -0.2) is 59.7 Å². The van der Waals surface area contributed by atoms with Crippen molar-refractivity contribution in [3.05, 3.63) is 60.6 Å². The van der Waals surface area contributed by atoms with E-state index in [1.165, 1.54) is 23.6 Å². The van der Waals surface area contributed by atoms with Gasteiger partial charge in [0.25, 0.3) is 5.91 Å². The second-order valence-corrected chi connectivity index (χ2v) is 7.76. The first-order chi connectivity index (χ1) is 14.5. The number of hydroxylamine groups is 1. The molecule has 1 aromatic carbocycles. The zero-order chi connectivity index (χ0) is 21.5. The summed E-state index contributed by atoms with van der Waals surface area (Å²) in [5.74, 6) is 0.636. The second-order valence-electron chi connectivity index (χ2n) is 7.76. The van der Waals surface area contributed by atoms with Gasteiger partial charge in [-0.1, -0.05) is 24.8 Å². The average Bonchev–Trinajstić information content (AvgIpc) is 2.79. The number of hydrogen-bond donors (Lipinski definition) is 2. The third kappa shape index (κ3) is 5.34. The molecule has 0 saturated carbocycles. The molecule has 0 aliphatic carbocycles. The minimum atomic E-state index is -0.607. The molecular formula is C22H30N6O2. The Labute approximate surface area is 177 Å². The maximum Gasteiger partial charge on any atom is 0.277 e. The Balaban J connectivity index is 1.51. The smallest absolute Gasteiger partial charge is 0.277 e. The molecule has 2 N–H and O–H groups in total. The molecule has 8 heteroatoms. The molecule has 2 aromatic rings. The Kier molecular flexibility index (Phi) is 7.37. The van der Waals surface area contributed by atoms with Crippen molar-refractivity contribution in [2.45, 2.75) is 19.4 Å². The molecular weight excluding hydrogens is 380 g/mol. The van der Waals surface area contributed by atoms with Crippen LogP contribution in [0.1, 0.15) is 28.8 Å². The van der Waals surface area contributed by atoms with Crippen molar-refractivity contribution in [1.82, 2.24) is 20.3 Å². The number of hydrogen-bond acceptors (Lipinski definition) is 7. The lowest BCUT2D eigenvalue weighted by atomic mass is 9.96. The third-order valence-corrected chi connectivity index (χ3v) is 5.55. The van der Waals surface area contributed by atoms with Crippen molar-refractivity contribution in [2.75, 3.05) is 43.5 Å². The maximum absolute atomic E-state index is 11.4. The molecule has 1 amide bonds. The molecule has 0 unspecified atom stereocenters. The lowest BCUT2D eigenvalue weighted by molar-refractivity contribution is 0.0705. The number of anilines is 2. The van der Waals surface area contributed by atoms with Crippen molar-refractivity contribution in [1.29, 1.82) is 0 Å². The third-order valence-electron chi connectivity index (χ3n) is 5.55. The molecule has 30 heavy (non-hydrogen) atoms. The summed E-state index contributed by atoms with van der Waals surface area (Å²) in [6.07, 6.45) is 6.85. The Hall–Kier alpha value is -2.97. The Morgan fingerprint density at radius 2 is 1.93 bits per heavy atom. The number of piperidine rings is 1. The summed E-state index contributed by atoms with van der Waals surface area (Å²) in [5, 5.41) is 8.68. The number of amides is 1. The molecule has 1 aliphatic rings. The normalized spacial score (nSPS) is 14.6. The van der Waals surface area contributed by atoms with Gasteiger partial charge < -0.3 is 14.7 Å². The summed E-state index contributed by atoms with van der Waals surface area (Å²) in [7, 11) is 4.19. The molecule has 160 valence electrons. The van der Waals surface area contributed by atoms with Gasteiger partial charge in [-0.25, -0.2) is 15.4 Å². The Morgan fingerprint density at radius 3 is 2.57 bits per heavy atom. The molecule has 0 atom stereocenters. The number of aromatic nitrogens is 2. The van der Waals surface area contributed by atoms with Crippen molar-refractivity contribution >= 4 is 17.5 Å². The van der Waals surface area contributed by atoms with E-state index in [0.29, 0.717) is 11.9 Å². The Morgan fingerprint density at radius 1 is 1.27 bits per heavy atom. The fourth-order valence-corrected chi connectivity index (χ4v) is 3.86. The fourth-order valence-electron chi connectivity index (χ4n) is 3.86. The first kappa shape index (κ1) is 21.7. The zero-order valence-corrected chi connectivity index (χ0v) is 17.7. The highest BCUT2D eigenvalue weighted by Crippen LogP contribution is 2.24. The lowest BCUT2D eigenvalue weighted by Gasteiger charge is -2.34. The monoisotopic (exact) mass is 410 g/mol. The molecule has 1 saturated heterocycles. The standard InChI is InChI=1S/C22H30N6O2/c1-4-27(3)20-8-6-5-7-18(20)16-26(2)15-17-9-11-28(12-10-17)22-23-13-19(14-24-22)21(29)25-30/h4-8,13-14,17,30H,1,9-12,15-16H2,2-3H3,(H,25,29).